The Morgan fingerprint density at radius 1 is 1.16 bits per heavy atom. The molecule has 0 unspecified atom stereocenters. The van der Waals surface area contributed by atoms with Crippen LogP contribution in [0, 0.1) is 0 Å². The number of fused-ring (bicyclic) bond motifs is 2. The number of aromatic nitrogens is 1. The average Bonchev–Trinajstić information content (AvgIpc) is 3.02. The van der Waals surface area contributed by atoms with Crippen molar-refractivity contribution in [1.82, 2.24) is 0 Å². The van der Waals surface area contributed by atoms with Crippen LogP contribution in [0.25, 0.3) is 0 Å². The lowest BCUT2D eigenvalue weighted by molar-refractivity contribution is -0.697. The molecule has 0 atom stereocenters. The predicted octanol–water partition coefficient (Wildman–Crippen LogP) is -0.161. The summed E-state index contributed by atoms with van der Waals surface area (Å²) in [5.41, 5.74) is 1.30. The van der Waals surface area contributed by atoms with Crippen molar-refractivity contribution >= 4 is 17.3 Å². The smallest absolute Gasteiger partial charge is 0.196 e. The summed E-state index contributed by atoms with van der Waals surface area (Å²) < 4.78 is 14.4. The standard InChI is InChI=1S/C12H16NO2.C7H3FO.ClH/c1-3-6-13-7-4-11(5-8-13)12(15)9-10(2)14;8-6-3-4-1-2-5(6)7(4)9;/h4-5,7-8H,3,6,9H2,1-2H3;1-3H;1H/q+1;;/p-1. The summed E-state index contributed by atoms with van der Waals surface area (Å²) in [5.74, 6) is -0.763. The van der Waals surface area contributed by atoms with Gasteiger partial charge < -0.3 is 12.4 Å². The summed E-state index contributed by atoms with van der Waals surface area (Å²) in [6, 6.07) is 3.53. The fourth-order valence-corrected chi connectivity index (χ4v) is 2.37. The van der Waals surface area contributed by atoms with E-state index >= 15 is 0 Å². The number of allylic oxidation sites excluding steroid dienone is 6. The van der Waals surface area contributed by atoms with E-state index in [2.05, 4.69) is 6.92 Å². The van der Waals surface area contributed by atoms with Gasteiger partial charge in [0.1, 0.15) is 18.2 Å². The Morgan fingerprint density at radius 3 is 2.16 bits per heavy atom. The molecule has 0 spiro atoms. The van der Waals surface area contributed by atoms with Gasteiger partial charge in [-0.1, -0.05) is 13.0 Å². The molecule has 3 rings (SSSR count). The van der Waals surface area contributed by atoms with Crippen molar-refractivity contribution in [2.24, 2.45) is 0 Å². The second-order valence-electron chi connectivity index (χ2n) is 5.65. The third kappa shape index (κ3) is 5.29. The van der Waals surface area contributed by atoms with Crippen molar-refractivity contribution in [1.29, 1.82) is 0 Å². The summed E-state index contributed by atoms with van der Waals surface area (Å²) in [6.45, 7) is 4.47. The highest BCUT2D eigenvalue weighted by atomic mass is 35.5. The zero-order chi connectivity index (χ0) is 17.7. The first-order chi connectivity index (χ1) is 11.4. The zero-order valence-electron chi connectivity index (χ0n) is 14.1. The van der Waals surface area contributed by atoms with Gasteiger partial charge in [0.25, 0.3) is 0 Å². The second kappa shape index (κ2) is 9.18. The highest BCUT2D eigenvalue weighted by Gasteiger charge is 2.26. The third-order valence-electron chi connectivity index (χ3n) is 3.58. The maximum atomic E-state index is 12.4. The number of carbonyl (C=O) groups is 3. The van der Waals surface area contributed by atoms with Crippen molar-refractivity contribution < 1.29 is 35.7 Å². The van der Waals surface area contributed by atoms with Crippen LogP contribution in [0.4, 0.5) is 4.39 Å². The lowest BCUT2D eigenvalue weighted by atomic mass is 10.1. The lowest BCUT2D eigenvalue weighted by Gasteiger charge is -1.97. The highest BCUT2D eigenvalue weighted by molar-refractivity contribution is 6.18. The molecule has 1 aromatic heterocycles. The molecule has 0 N–H and O–H groups in total. The highest BCUT2D eigenvalue weighted by Crippen LogP contribution is 2.30. The number of ketones is 3. The van der Waals surface area contributed by atoms with Crippen LogP contribution in [0.3, 0.4) is 0 Å². The third-order valence-corrected chi connectivity index (χ3v) is 3.58. The van der Waals surface area contributed by atoms with E-state index in [4.69, 9.17) is 0 Å². The maximum absolute atomic E-state index is 12.4. The Labute approximate surface area is 152 Å². The number of pyridine rings is 1. The molecule has 2 aliphatic carbocycles. The molecule has 0 aromatic carbocycles. The summed E-state index contributed by atoms with van der Waals surface area (Å²) in [6.07, 6.45) is 9.20. The van der Waals surface area contributed by atoms with E-state index in [0.29, 0.717) is 11.1 Å². The van der Waals surface area contributed by atoms with Crippen molar-refractivity contribution in [2.45, 2.75) is 33.2 Å². The fraction of sp³-hybridized carbons (Fsp3) is 0.263. The number of hydrogen-bond acceptors (Lipinski definition) is 3. The number of aryl methyl sites for hydroxylation is 1. The molecule has 4 nitrogen and oxygen atoms in total. The van der Waals surface area contributed by atoms with Crippen molar-refractivity contribution in [3.63, 3.8) is 0 Å². The lowest BCUT2D eigenvalue weighted by Crippen LogP contribution is -3.00. The molecule has 0 amide bonds. The largest absolute Gasteiger partial charge is 1.00 e. The number of carbonyl (C=O) groups excluding carboxylic acids is 3. The van der Waals surface area contributed by atoms with Gasteiger partial charge in [-0.05, 0) is 19.1 Å². The van der Waals surface area contributed by atoms with Crippen LogP contribution < -0.4 is 17.0 Å². The first-order valence-electron chi connectivity index (χ1n) is 7.78. The van der Waals surface area contributed by atoms with Crippen molar-refractivity contribution in [3.8, 4) is 0 Å². The Kier molecular flexibility index (Phi) is 7.58. The zero-order valence-corrected chi connectivity index (χ0v) is 14.8. The SMILES string of the molecule is CCC[n+]1ccc(C(=O)CC(C)=O)cc1.O=C1C2=CC(F)=C1C=C2.[Cl-]. The van der Waals surface area contributed by atoms with Crippen LogP contribution in [0.2, 0.25) is 0 Å². The fourth-order valence-electron chi connectivity index (χ4n) is 2.37. The topological polar surface area (TPSA) is 55.1 Å². The molecule has 0 fully saturated rings. The molecule has 2 aliphatic rings. The Hall–Kier alpha value is -2.40. The number of Topliss-reactive ketones (excluding diaryl/α,β-unsaturated/α-hetero) is 3. The Morgan fingerprint density at radius 2 is 1.80 bits per heavy atom. The van der Waals surface area contributed by atoms with Crippen molar-refractivity contribution in [3.05, 3.63) is 65.3 Å². The van der Waals surface area contributed by atoms with E-state index in [1.165, 1.54) is 19.1 Å². The Bertz CT molecular complexity index is 776. The first-order valence-corrected chi connectivity index (χ1v) is 7.78. The minimum Gasteiger partial charge on any atom is -1.00 e. The van der Waals surface area contributed by atoms with Crippen molar-refractivity contribution in [2.75, 3.05) is 0 Å². The predicted molar refractivity (Wildman–Crippen MR) is 86.9 cm³/mol. The quantitative estimate of drug-likeness (QED) is 0.415. The number of nitrogens with zero attached hydrogens (tertiary/aromatic N) is 1. The van der Waals surface area contributed by atoms with Gasteiger partial charge in [-0.15, -0.1) is 0 Å². The number of halogens is 2. The summed E-state index contributed by atoms with van der Waals surface area (Å²) >= 11 is 0. The van der Waals surface area contributed by atoms with E-state index in [1.54, 1.807) is 18.2 Å². The van der Waals surface area contributed by atoms with Crippen LogP contribution in [0.1, 0.15) is 37.0 Å². The van der Waals surface area contributed by atoms with Crippen LogP contribution >= 0.6 is 0 Å². The minimum absolute atomic E-state index is 0. The molecule has 0 radical (unpaired) electrons. The molecule has 2 bridgehead atoms. The molecule has 0 aliphatic heterocycles. The summed E-state index contributed by atoms with van der Waals surface area (Å²) in [5, 5.41) is 0. The van der Waals surface area contributed by atoms with Gasteiger partial charge in [0.15, 0.2) is 24.0 Å². The molecule has 1 aromatic rings. The molecule has 6 heteroatoms. The molecule has 132 valence electrons. The van der Waals surface area contributed by atoms with E-state index in [9.17, 15) is 18.8 Å². The first kappa shape index (κ1) is 20.6. The molecule has 1 heterocycles. The monoisotopic (exact) mass is 363 g/mol. The number of hydrogen-bond donors (Lipinski definition) is 0. The van der Waals surface area contributed by atoms with Gasteiger partial charge in [0.05, 0.1) is 12.0 Å². The molecule has 0 saturated heterocycles. The van der Waals surface area contributed by atoms with Gasteiger partial charge in [0, 0.05) is 29.7 Å². The Balaban J connectivity index is 0.000000266. The van der Waals surface area contributed by atoms with E-state index < -0.39 is 5.83 Å². The molecular formula is C19H19ClFNO3. The second-order valence-corrected chi connectivity index (χ2v) is 5.65. The minimum atomic E-state index is -0.391. The maximum Gasteiger partial charge on any atom is 0.196 e. The molecule has 25 heavy (non-hydrogen) atoms. The molecular weight excluding hydrogens is 345 g/mol. The van der Waals surface area contributed by atoms with Crippen LogP contribution in [-0.2, 0) is 16.1 Å². The van der Waals surface area contributed by atoms with E-state index in [1.807, 2.05) is 17.0 Å². The van der Waals surface area contributed by atoms with E-state index in [0.717, 1.165) is 13.0 Å². The van der Waals surface area contributed by atoms with E-state index in [-0.39, 0.29) is 41.8 Å². The van der Waals surface area contributed by atoms with Gasteiger partial charge in [-0.3, -0.25) is 14.4 Å². The van der Waals surface area contributed by atoms with Crippen LogP contribution in [0.15, 0.2) is 59.7 Å². The normalized spacial score (nSPS) is 13.9. The van der Waals surface area contributed by atoms with Gasteiger partial charge in [-0.2, -0.15) is 0 Å². The van der Waals surface area contributed by atoms with Gasteiger partial charge in [0.2, 0.25) is 0 Å². The average molecular weight is 364 g/mol. The van der Waals surface area contributed by atoms with Crippen LogP contribution in [-0.4, -0.2) is 17.3 Å². The van der Waals surface area contributed by atoms with Gasteiger partial charge >= 0.3 is 0 Å². The summed E-state index contributed by atoms with van der Waals surface area (Å²) in [4.78, 5) is 33.0. The van der Waals surface area contributed by atoms with Crippen LogP contribution in [0.5, 0.6) is 0 Å². The molecule has 0 saturated carbocycles. The number of rotatable bonds is 5. The van der Waals surface area contributed by atoms with Gasteiger partial charge in [-0.25, -0.2) is 8.96 Å². The summed E-state index contributed by atoms with van der Waals surface area (Å²) in [7, 11) is 0.